The van der Waals surface area contributed by atoms with Crippen molar-refractivity contribution in [2.75, 3.05) is 20.3 Å². The minimum absolute atomic E-state index is 0.265. The van der Waals surface area contributed by atoms with E-state index in [1.807, 2.05) is 12.1 Å². The number of nitrogens with zero attached hydrogens (tertiary/aromatic N) is 1. The number of ether oxygens (including phenoxy) is 2. The van der Waals surface area contributed by atoms with Crippen LogP contribution in [0.15, 0.2) is 30.3 Å². The first-order valence-electron chi connectivity index (χ1n) is 5.51. The van der Waals surface area contributed by atoms with Crippen LogP contribution < -0.4 is 4.74 Å². The van der Waals surface area contributed by atoms with Crippen LogP contribution in [-0.4, -0.2) is 37.2 Å². The molecule has 0 N–H and O–H groups in total. The van der Waals surface area contributed by atoms with Gasteiger partial charge in [-0.2, -0.15) is 0 Å². The largest absolute Gasteiger partial charge is 0.497 e. The highest BCUT2D eigenvalue weighted by Gasteiger charge is 2.26. The topological polar surface area (TPSA) is 55.8 Å². The summed E-state index contributed by atoms with van der Waals surface area (Å²) < 4.78 is 9.71. The van der Waals surface area contributed by atoms with Crippen molar-refractivity contribution in [3.05, 3.63) is 35.9 Å². The molecule has 1 saturated heterocycles. The molecule has 0 bridgehead atoms. The third kappa shape index (κ3) is 2.68. The minimum atomic E-state index is -0.584. The highest BCUT2D eigenvalue weighted by Crippen LogP contribution is 2.13. The van der Waals surface area contributed by atoms with Gasteiger partial charge in [-0.1, -0.05) is 12.1 Å². The molecule has 5 heteroatoms. The number of hydrogen-bond acceptors (Lipinski definition) is 4. The van der Waals surface area contributed by atoms with Crippen LogP contribution in [0.1, 0.15) is 5.56 Å². The number of cyclic esters (lactones) is 1. The lowest BCUT2D eigenvalue weighted by molar-refractivity contribution is -0.122. The Morgan fingerprint density at radius 2 is 2.11 bits per heavy atom. The Morgan fingerprint density at radius 1 is 1.39 bits per heavy atom. The van der Waals surface area contributed by atoms with Crippen LogP contribution in [0.25, 0.3) is 6.08 Å². The second kappa shape index (κ2) is 5.35. The van der Waals surface area contributed by atoms with Crippen LogP contribution in [-0.2, 0) is 9.53 Å². The van der Waals surface area contributed by atoms with Gasteiger partial charge in [-0.25, -0.2) is 9.69 Å². The van der Waals surface area contributed by atoms with Gasteiger partial charge in [0.15, 0.2) is 0 Å². The van der Waals surface area contributed by atoms with E-state index in [1.54, 1.807) is 25.3 Å². The molecule has 0 radical (unpaired) electrons. The van der Waals surface area contributed by atoms with Crippen molar-refractivity contribution in [1.82, 2.24) is 4.90 Å². The number of hydrogen-bond donors (Lipinski definition) is 0. The van der Waals surface area contributed by atoms with Gasteiger partial charge in [-0.3, -0.25) is 4.79 Å². The summed E-state index contributed by atoms with van der Waals surface area (Å²) in [7, 11) is 1.59. The number of carbonyl (C=O) groups is 2. The molecule has 1 aromatic rings. The van der Waals surface area contributed by atoms with E-state index in [0.717, 1.165) is 16.2 Å². The molecule has 1 heterocycles. The molecule has 5 nitrogen and oxygen atoms in total. The standard InChI is InChI=1S/C13H13NO4/c1-17-11-5-2-10(3-6-11)4-7-12(15)14-8-9-18-13(14)16/h2-7H,8-9H2,1H3. The van der Waals surface area contributed by atoms with Crippen molar-refractivity contribution in [3.63, 3.8) is 0 Å². The quantitative estimate of drug-likeness (QED) is 0.763. The Balaban J connectivity index is 2.01. The lowest BCUT2D eigenvalue weighted by Gasteiger charge is -2.06. The molecular weight excluding hydrogens is 234 g/mol. The average molecular weight is 247 g/mol. The van der Waals surface area contributed by atoms with Crippen molar-refractivity contribution in [3.8, 4) is 5.75 Å². The summed E-state index contributed by atoms with van der Waals surface area (Å²) in [6.45, 7) is 0.575. The van der Waals surface area contributed by atoms with Gasteiger partial charge in [0.1, 0.15) is 12.4 Å². The third-order valence-electron chi connectivity index (χ3n) is 2.56. The molecule has 1 aromatic carbocycles. The van der Waals surface area contributed by atoms with Crippen molar-refractivity contribution in [1.29, 1.82) is 0 Å². The summed E-state index contributed by atoms with van der Waals surface area (Å²) in [4.78, 5) is 23.9. The van der Waals surface area contributed by atoms with Gasteiger partial charge in [0.05, 0.1) is 13.7 Å². The first-order chi connectivity index (χ1) is 8.70. The molecule has 2 amide bonds. The van der Waals surface area contributed by atoms with E-state index < -0.39 is 6.09 Å². The first kappa shape index (κ1) is 12.2. The number of carbonyl (C=O) groups excluding carboxylic acids is 2. The normalized spacial score (nSPS) is 14.9. The maximum Gasteiger partial charge on any atom is 0.416 e. The molecule has 0 spiro atoms. The summed E-state index contributed by atoms with van der Waals surface area (Å²) in [5.41, 5.74) is 0.858. The highest BCUT2D eigenvalue weighted by molar-refractivity contribution is 6.01. The summed E-state index contributed by atoms with van der Waals surface area (Å²) >= 11 is 0. The highest BCUT2D eigenvalue weighted by atomic mass is 16.6. The molecule has 1 aliphatic rings. The zero-order chi connectivity index (χ0) is 13.0. The Kier molecular flexibility index (Phi) is 3.62. The predicted molar refractivity (Wildman–Crippen MR) is 65.1 cm³/mol. The fourth-order valence-electron chi connectivity index (χ4n) is 1.57. The molecule has 0 atom stereocenters. The number of imide groups is 1. The van der Waals surface area contributed by atoms with Crippen molar-refractivity contribution in [2.24, 2.45) is 0 Å². The summed E-state index contributed by atoms with van der Waals surface area (Å²) in [5.74, 6) is 0.384. The van der Waals surface area contributed by atoms with E-state index in [-0.39, 0.29) is 12.5 Å². The summed E-state index contributed by atoms with van der Waals surface area (Å²) in [6.07, 6.45) is 2.42. The van der Waals surface area contributed by atoms with E-state index in [9.17, 15) is 9.59 Å². The van der Waals surface area contributed by atoms with E-state index in [2.05, 4.69) is 4.74 Å². The monoisotopic (exact) mass is 247 g/mol. The van der Waals surface area contributed by atoms with Crippen LogP contribution >= 0.6 is 0 Å². The van der Waals surface area contributed by atoms with Crippen LogP contribution in [0.5, 0.6) is 5.75 Å². The molecule has 0 aliphatic carbocycles. The third-order valence-corrected chi connectivity index (χ3v) is 2.56. The second-order valence-corrected chi connectivity index (χ2v) is 3.71. The SMILES string of the molecule is COc1ccc(C=CC(=O)N2CCOC2=O)cc1. The molecular formula is C13H13NO4. The van der Waals surface area contributed by atoms with E-state index >= 15 is 0 Å². The Morgan fingerprint density at radius 3 is 2.67 bits per heavy atom. The Bertz CT molecular complexity index is 478. The number of benzene rings is 1. The van der Waals surface area contributed by atoms with Crippen molar-refractivity contribution in [2.45, 2.75) is 0 Å². The maximum absolute atomic E-state index is 11.7. The lowest BCUT2D eigenvalue weighted by atomic mass is 10.2. The molecule has 0 aromatic heterocycles. The fraction of sp³-hybridized carbons (Fsp3) is 0.231. The molecule has 1 fully saturated rings. The lowest BCUT2D eigenvalue weighted by Crippen LogP contribution is -2.29. The first-order valence-corrected chi connectivity index (χ1v) is 5.51. The number of rotatable bonds is 3. The number of amides is 2. The van der Waals surface area contributed by atoms with E-state index in [1.165, 1.54) is 6.08 Å². The van der Waals surface area contributed by atoms with Gasteiger partial charge in [-0.05, 0) is 23.8 Å². The minimum Gasteiger partial charge on any atom is -0.497 e. The maximum atomic E-state index is 11.7. The van der Waals surface area contributed by atoms with Gasteiger partial charge in [0.2, 0.25) is 0 Å². The second-order valence-electron chi connectivity index (χ2n) is 3.71. The van der Waals surface area contributed by atoms with E-state index in [0.29, 0.717) is 6.54 Å². The fourth-order valence-corrected chi connectivity index (χ4v) is 1.57. The van der Waals surface area contributed by atoms with Crippen molar-refractivity contribution >= 4 is 18.1 Å². The Hall–Kier alpha value is -2.30. The molecule has 94 valence electrons. The molecule has 2 rings (SSSR count). The van der Waals surface area contributed by atoms with Gasteiger partial charge in [0, 0.05) is 6.08 Å². The van der Waals surface area contributed by atoms with Gasteiger partial charge in [-0.15, -0.1) is 0 Å². The molecule has 1 aliphatic heterocycles. The molecule has 18 heavy (non-hydrogen) atoms. The average Bonchev–Trinajstić information content (AvgIpc) is 2.83. The zero-order valence-electron chi connectivity index (χ0n) is 9.96. The molecule has 0 unspecified atom stereocenters. The van der Waals surface area contributed by atoms with Crippen LogP contribution in [0.4, 0.5) is 4.79 Å². The number of methoxy groups -OCH3 is 1. The van der Waals surface area contributed by atoms with Crippen molar-refractivity contribution < 1.29 is 19.1 Å². The summed E-state index contributed by atoms with van der Waals surface area (Å²) in [5, 5.41) is 0. The molecule has 0 saturated carbocycles. The predicted octanol–water partition coefficient (Wildman–Crippen LogP) is 1.69. The van der Waals surface area contributed by atoms with Gasteiger partial charge in [0.25, 0.3) is 5.91 Å². The Labute approximate surface area is 105 Å². The van der Waals surface area contributed by atoms with E-state index in [4.69, 9.17) is 4.74 Å². The van der Waals surface area contributed by atoms with Crippen LogP contribution in [0.2, 0.25) is 0 Å². The van der Waals surface area contributed by atoms with Crippen LogP contribution in [0, 0.1) is 0 Å². The van der Waals surface area contributed by atoms with Gasteiger partial charge >= 0.3 is 6.09 Å². The van der Waals surface area contributed by atoms with Crippen LogP contribution in [0.3, 0.4) is 0 Å². The zero-order valence-corrected chi connectivity index (χ0v) is 9.96. The summed E-state index contributed by atoms with van der Waals surface area (Å²) in [6, 6.07) is 7.25. The smallest absolute Gasteiger partial charge is 0.416 e. The van der Waals surface area contributed by atoms with Gasteiger partial charge < -0.3 is 9.47 Å².